The van der Waals surface area contributed by atoms with Crippen LogP contribution < -0.4 is 5.73 Å². The molecule has 2 atom stereocenters. The molecule has 0 radical (unpaired) electrons. The highest BCUT2D eigenvalue weighted by atomic mass is 15.2. The Bertz CT molecular complexity index is 187. The molecule has 2 nitrogen and oxygen atoms in total. The second-order valence-corrected chi connectivity index (χ2v) is 5.42. The molecule has 2 heteroatoms. The Balaban J connectivity index is 1.86. The highest BCUT2D eigenvalue weighted by Gasteiger charge is 2.33. The summed E-state index contributed by atoms with van der Waals surface area (Å²) < 4.78 is 0. The highest BCUT2D eigenvalue weighted by Crippen LogP contribution is 2.35. The summed E-state index contributed by atoms with van der Waals surface area (Å²) in [6.45, 7) is 4.64. The van der Waals surface area contributed by atoms with Gasteiger partial charge in [-0.15, -0.1) is 0 Å². The monoisotopic (exact) mass is 210 g/mol. The first kappa shape index (κ1) is 11.4. The van der Waals surface area contributed by atoms with E-state index in [4.69, 9.17) is 5.73 Å². The summed E-state index contributed by atoms with van der Waals surface area (Å²) in [5, 5.41) is 0. The van der Waals surface area contributed by atoms with Gasteiger partial charge in [0, 0.05) is 18.6 Å². The third kappa shape index (κ3) is 2.73. The summed E-state index contributed by atoms with van der Waals surface area (Å²) >= 11 is 0. The molecule has 1 aliphatic heterocycles. The molecule has 1 heterocycles. The number of hydrogen-bond acceptors (Lipinski definition) is 2. The summed E-state index contributed by atoms with van der Waals surface area (Å²) in [6.07, 6.45) is 9.83. The van der Waals surface area contributed by atoms with E-state index in [1.54, 1.807) is 0 Å². The minimum absolute atomic E-state index is 0.395. The predicted molar refractivity (Wildman–Crippen MR) is 64.8 cm³/mol. The van der Waals surface area contributed by atoms with Crippen LogP contribution in [0.4, 0.5) is 0 Å². The van der Waals surface area contributed by atoms with Crippen molar-refractivity contribution in [3.63, 3.8) is 0 Å². The number of nitrogens with two attached hydrogens (primary N) is 1. The topological polar surface area (TPSA) is 29.3 Å². The van der Waals surface area contributed by atoms with Gasteiger partial charge in [-0.2, -0.15) is 0 Å². The second kappa shape index (κ2) is 5.31. The van der Waals surface area contributed by atoms with Gasteiger partial charge in [-0.25, -0.2) is 0 Å². The SMILES string of the molecule is CCC(N)CN1CCCC1C1CCCC1. The van der Waals surface area contributed by atoms with Crippen LogP contribution in [0.25, 0.3) is 0 Å². The maximum absolute atomic E-state index is 6.07. The molecular formula is C13H26N2. The molecule has 2 unspecified atom stereocenters. The van der Waals surface area contributed by atoms with Crippen molar-refractivity contribution in [1.29, 1.82) is 0 Å². The van der Waals surface area contributed by atoms with Crippen LogP contribution in [-0.2, 0) is 0 Å². The van der Waals surface area contributed by atoms with Crippen molar-refractivity contribution in [2.24, 2.45) is 11.7 Å². The Morgan fingerprint density at radius 3 is 2.60 bits per heavy atom. The quantitative estimate of drug-likeness (QED) is 0.772. The zero-order valence-corrected chi connectivity index (χ0v) is 10.1. The molecule has 0 aromatic rings. The van der Waals surface area contributed by atoms with E-state index in [-0.39, 0.29) is 0 Å². The van der Waals surface area contributed by atoms with Crippen molar-refractivity contribution >= 4 is 0 Å². The van der Waals surface area contributed by atoms with Crippen molar-refractivity contribution < 1.29 is 0 Å². The molecule has 0 bridgehead atoms. The Morgan fingerprint density at radius 2 is 1.93 bits per heavy atom. The largest absolute Gasteiger partial charge is 0.327 e. The van der Waals surface area contributed by atoms with E-state index in [2.05, 4.69) is 11.8 Å². The molecule has 2 aliphatic rings. The fraction of sp³-hybridized carbons (Fsp3) is 1.00. The van der Waals surface area contributed by atoms with Crippen LogP contribution in [0.5, 0.6) is 0 Å². The zero-order chi connectivity index (χ0) is 10.7. The van der Waals surface area contributed by atoms with Crippen molar-refractivity contribution in [3.8, 4) is 0 Å². The van der Waals surface area contributed by atoms with Gasteiger partial charge >= 0.3 is 0 Å². The minimum Gasteiger partial charge on any atom is -0.327 e. The van der Waals surface area contributed by atoms with Gasteiger partial charge in [0.1, 0.15) is 0 Å². The van der Waals surface area contributed by atoms with Crippen LogP contribution in [0.3, 0.4) is 0 Å². The highest BCUT2D eigenvalue weighted by molar-refractivity contribution is 4.88. The van der Waals surface area contributed by atoms with Crippen LogP contribution in [0.1, 0.15) is 51.9 Å². The smallest absolute Gasteiger partial charge is 0.0165 e. The van der Waals surface area contributed by atoms with E-state index in [0.29, 0.717) is 6.04 Å². The van der Waals surface area contributed by atoms with E-state index in [0.717, 1.165) is 24.9 Å². The van der Waals surface area contributed by atoms with Gasteiger partial charge < -0.3 is 5.73 Å². The molecule has 0 spiro atoms. The van der Waals surface area contributed by atoms with Gasteiger partial charge in [0.05, 0.1) is 0 Å². The summed E-state index contributed by atoms with van der Waals surface area (Å²) in [5.41, 5.74) is 6.07. The summed E-state index contributed by atoms with van der Waals surface area (Å²) in [4.78, 5) is 2.68. The molecule has 2 N–H and O–H groups in total. The lowest BCUT2D eigenvalue weighted by molar-refractivity contribution is 0.180. The minimum atomic E-state index is 0.395. The second-order valence-electron chi connectivity index (χ2n) is 5.42. The van der Waals surface area contributed by atoms with Crippen molar-refractivity contribution in [1.82, 2.24) is 4.90 Å². The van der Waals surface area contributed by atoms with E-state index in [1.165, 1.54) is 45.1 Å². The molecule has 2 rings (SSSR count). The van der Waals surface area contributed by atoms with Gasteiger partial charge in [0.25, 0.3) is 0 Å². The standard InChI is InChI=1S/C13H26N2/c1-2-12(14)10-15-9-5-8-13(15)11-6-3-4-7-11/h11-13H,2-10,14H2,1H3. The fourth-order valence-electron chi connectivity index (χ4n) is 3.38. The van der Waals surface area contributed by atoms with Gasteiger partial charge in [-0.05, 0) is 44.6 Å². The number of rotatable bonds is 4. The van der Waals surface area contributed by atoms with Crippen molar-refractivity contribution in [2.45, 2.75) is 64.0 Å². The van der Waals surface area contributed by atoms with E-state index in [1.807, 2.05) is 0 Å². The zero-order valence-electron chi connectivity index (χ0n) is 10.1. The lowest BCUT2D eigenvalue weighted by Crippen LogP contribution is -2.42. The van der Waals surface area contributed by atoms with E-state index in [9.17, 15) is 0 Å². The Kier molecular flexibility index (Phi) is 4.04. The van der Waals surface area contributed by atoms with Gasteiger partial charge in [-0.1, -0.05) is 19.8 Å². The molecule has 0 aromatic heterocycles. The number of hydrogen-bond donors (Lipinski definition) is 1. The van der Waals surface area contributed by atoms with Gasteiger partial charge in [-0.3, -0.25) is 4.90 Å². The summed E-state index contributed by atoms with van der Waals surface area (Å²) in [6, 6.07) is 1.28. The van der Waals surface area contributed by atoms with Crippen LogP contribution in [-0.4, -0.2) is 30.1 Å². The maximum Gasteiger partial charge on any atom is 0.0165 e. The lowest BCUT2D eigenvalue weighted by Gasteiger charge is -2.31. The lowest BCUT2D eigenvalue weighted by atomic mass is 9.96. The van der Waals surface area contributed by atoms with Crippen molar-refractivity contribution in [2.75, 3.05) is 13.1 Å². The predicted octanol–water partition coefficient (Wildman–Crippen LogP) is 2.38. The summed E-state index contributed by atoms with van der Waals surface area (Å²) in [7, 11) is 0. The van der Waals surface area contributed by atoms with Crippen LogP contribution in [0, 0.1) is 5.92 Å². The summed E-state index contributed by atoms with van der Waals surface area (Å²) in [5.74, 6) is 0.997. The first-order valence-corrected chi connectivity index (χ1v) is 6.81. The van der Waals surface area contributed by atoms with Crippen molar-refractivity contribution in [3.05, 3.63) is 0 Å². The third-order valence-corrected chi connectivity index (χ3v) is 4.35. The molecule has 1 saturated carbocycles. The molecule has 1 saturated heterocycles. The molecular weight excluding hydrogens is 184 g/mol. The Labute approximate surface area is 94.2 Å². The molecule has 15 heavy (non-hydrogen) atoms. The maximum atomic E-state index is 6.07. The van der Waals surface area contributed by atoms with Crippen LogP contribution in [0.15, 0.2) is 0 Å². The molecule has 1 aliphatic carbocycles. The average molecular weight is 210 g/mol. The van der Waals surface area contributed by atoms with Gasteiger partial charge in [0.15, 0.2) is 0 Å². The first-order valence-electron chi connectivity index (χ1n) is 6.81. The first-order chi connectivity index (χ1) is 7.31. The fourth-order valence-corrected chi connectivity index (χ4v) is 3.38. The number of nitrogens with zero attached hydrogens (tertiary/aromatic N) is 1. The van der Waals surface area contributed by atoms with Crippen LogP contribution >= 0.6 is 0 Å². The van der Waals surface area contributed by atoms with E-state index >= 15 is 0 Å². The molecule has 0 aromatic carbocycles. The third-order valence-electron chi connectivity index (χ3n) is 4.35. The van der Waals surface area contributed by atoms with Gasteiger partial charge in [0.2, 0.25) is 0 Å². The molecule has 2 fully saturated rings. The van der Waals surface area contributed by atoms with Crippen LogP contribution in [0.2, 0.25) is 0 Å². The average Bonchev–Trinajstić information content (AvgIpc) is 2.86. The Morgan fingerprint density at radius 1 is 1.20 bits per heavy atom. The van der Waals surface area contributed by atoms with E-state index < -0.39 is 0 Å². The molecule has 0 amide bonds. The molecule has 88 valence electrons. The Hall–Kier alpha value is -0.0800. The normalized spacial score (nSPS) is 31.2. The number of likely N-dealkylation sites (tertiary alicyclic amines) is 1.